The van der Waals surface area contributed by atoms with E-state index in [4.69, 9.17) is 0 Å². The first kappa shape index (κ1) is 8.14. The average Bonchev–Trinajstić information content (AvgIpc) is 2.04. The number of aliphatic hydroxyl groups is 1. The molecule has 2 nitrogen and oxygen atoms in total. The number of pyridine rings is 1. The van der Waals surface area contributed by atoms with Gasteiger partial charge in [-0.25, -0.2) is 4.39 Å². The van der Waals surface area contributed by atoms with Crippen LogP contribution in [-0.4, -0.2) is 10.1 Å². The highest BCUT2D eigenvalue weighted by atomic mass is 19.1. The molecule has 1 aromatic rings. The van der Waals surface area contributed by atoms with Gasteiger partial charge in [0.05, 0.1) is 6.10 Å². The van der Waals surface area contributed by atoms with Crippen LogP contribution >= 0.6 is 0 Å². The summed E-state index contributed by atoms with van der Waals surface area (Å²) in [7, 11) is 0. The van der Waals surface area contributed by atoms with Gasteiger partial charge in [-0.1, -0.05) is 6.92 Å². The monoisotopic (exact) mass is 155 g/mol. The average molecular weight is 155 g/mol. The Labute approximate surface area is 64.7 Å². The number of hydrogen-bond donors (Lipinski definition) is 1. The molecule has 1 aromatic heterocycles. The number of nitrogens with zero attached hydrogens (tertiary/aromatic N) is 1. The molecule has 0 saturated heterocycles. The Morgan fingerprint density at radius 3 is 3.00 bits per heavy atom. The first-order chi connectivity index (χ1) is 5.25. The molecule has 1 rings (SSSR count). The summed E-state index contributed by atoms with van der Waals surface area (Å²) in [4.78, 5) is 3.72. The molecule has 1 heterocycles. The Bertz CT molecular complexity index is 239. The van der Waals surface area contributed by atoms with Crippen molar-refractivity contribution in [3.63, 3.8) is 0 Å². The van der Waals surface area contributed by atoms with Gasteiger partial charge in [-0.15, -0.1) is 0 Å². The Balaban J connectivity index is 2.93. The van der Waals surface area contributed by atoms with Crippen LogP contribution in [0, 0.1) is 5.82 Å². The van der Waals surface area contributed by atoms with Gasteiger partial charge < -0.3 is 5.11 Å². The zero-order valence-corrected chi connectivity index (χ0v) is 6.29. The second-order valence-electron chi connectivity index (χ2n) is 2.29. The van der Waals surface area contributed by atoms with Gasteiger partial charge in [-0.2, -0.15) is 0 Å². The SMILES string of the molecule is CCC(O)c1ncccc1F. The van der Waals surface area contributed by atoms with E-state index in [-0.39, 0.29) is 5.69 Å². The molecule has 0 bridgehead atoms. The third-order valence-corrected chi connectivity index (χ3v) is 1.49. The van der Waals surface area contributed by atoms with Crippen molar-refractivity contribution in [2.45, 2.75) is 19.4 Å². The molecule has 1 unspecified atom stereocenters. The second-order valence-corrected chi connectivity index (χ2v) is 2.29. The summed E-state index contributed by atoms with van der Waals surface area (Å²) < 4.78 is 12.8. The summed E-state index contributed by atoms with van der Waals surface area (Å²) in [5.41, 5.74) is 0.134. The van der Waals surface area contributed by atoms with Crippen molar-refractivity contribution >= 4 is 0 Å². The molecule has 11 heavy (non-hydrogen) atoms. The van der Waals surface area contributed by atoms with E-state index in [0.29, 0.717) is 6.42 Å². The van der Waals surface area contributed by atoms with Crippen LogP contribution in [0.2, 0.25) is 0 Å². The Morgan fingerprint density at radius 1 is 1.73 bits per heavy atom. The molecule has 0 aliphatic rings. The smallest absolute Gasteiger partial charge is 0.147 e. The Hall–Kier alpha value is -0.960. The molecule has 0 saturated carbocycles. The van der Waals surface area contributed by atoms with E-state index in [0.717, 1.165) is 0 Å². The van der Waals surface area contributed by atoms with E-state index >= 15 is 0 Å². The number of hydrogen-bond acceptors (Lipinski definition) is 2. The summed E-state index contributed by atoms with van der Waals surface area (Å²) in [6.45, 7) is 1.78. The maximum atomic E-state index is 12.8. The van der Waals surface area contributed by atoms with Gasteiger partial charge >= 0.3 is 0 Å². The van der Waals surface area contributed by atoms with Crippen molar-refractivity contribution in [1.29, 1.82) is 0 Å². The topological polar surface area (TPSA) is 33.1 Å². The van der Waals surface area contributed by atoms with Gasteiger partial charge in [0.25, 0.3) is 0 Å². The molecule has 0 fully saturated rings. The van der Waals surface area contributed by atoms with E-state index < -0.39 is 11.9 Å². The highest BCUT2D eigenvalue weighted by Gasteiger charge is 2.10. The zero-order valence-electron chi connectivity index (χ0n) is 6.29. The fourth-order valence-electron chi connectivity index (χ4n) is 0.836. The van der Waals surface area contributed by atoms with Crippen LogP contribution in [-0.2, 0) is 0 Å². The van der Waals surface area contributed by atoms with E-state index in [2.05, 4.69) is 4.98 Å². The van der Waals surface area contributed by atoms with Crippen molar-refractivity contribution < 1.29 is 9.50 Å². The second kappa shape index (κ2) is 3.44. The molecule has 1 atom stereocenters. The molecule has 3 heteroatoms. The molecule has 1 N–H and O–H groups in total. The molecule has 60 valence electrons. The molecule has 0 spiro atoms. The molecular weight excluding hydrogens is 145 g/mol. The van der Waals surface area contributed by atoms with Crippen molar-refractivity contribution in [2.75, 3.05) is 0 Å². The van der Waals surface area contributed by atoms with Crippen LogP contribution < -0.4 is 0 Å². The number of rotatable bonds is 2. The fourth-order valence-corrected chi connectivity index (χ4v) is 0.836. The summed E-state index contributed by atoms with van der Waals surface area (Å²) in [6, 6.07) is 2.79. The third kappa shape index (κ3) is 1.74. The highest BCUT2D eigenvalue weighted by Crippen LogP contribution is 2.15. The summed E-state index contributed by atoms with van der Waals surface area (Å²) in [5.74, 6) is -0.443. The minimum atomic E-state index is -0.781. The first-order valence-electron chi connectivity index (χ1n) is 3.54. The molecule has 0 aliphatic heterocycles. The first-order valence-corrected chi connectivity index (χ1v) is 3.54. The lowest BCUT2D eigenvalue weighted by Gasteiger charge is -2.06. The summed E-state index contributed by atoms with van der Waals surface area (Å²) in [6.07, 6.45) is 1.17. The van der Waals surface area contributed by atoms with E-state index in [1.807, 2.05) is 0 Å². The lowest BCUT2D eigenvalue weighted by molar-refractivity contribution is 0.163. The largest absolute Gasteiger partial charge is 0.387 e. The van der Waals surface area contributed by atoms with E-state index in [1.165, 1.54) is 18.3 Å². The van der Waals surface area contributed by atoms with Gasteiger partial charge in [-0.3, -0.25) is 4.98 Å². The van der Waals surface area contributed by atoms with Crippen molar-refractivity contribution in [2.24, 2.45) is 0 Å². The minimum absolute atomic E-state index is 0.134. The van der Waals surface area contributed by atoms with Crippen molar-refractivity contribution in [3.8, 4) is 0 Å². The van der Waals surface area contributed by atoms with Crippen LogP contribution in [0.15, 0.2) is 18.3 Å². The molecule has 0 aromatic carbocycles. The Morgan fingerprint density at radius 2 is 2.45 bits per heavy atom. The summed E-state index contributed by atoms with van der Waals surface area (Å²) >= 11 is 0. The number of aromatic nitrogens is 1. The number of halogens is 1. The molecular formula is C8H10FNO. The normalized spacial score (nSPS) is 13.0. The maximum Gasteiger partial charge on any atom is 0.147 e. The molecule has 0 aliphatic carbocycles. The van der Waals surface area contributed by atoms with E-state index in [1.54, 1.807) is 6.92 Å². The van der Waals surface area contributed by atoms with Gasteiger partial charge in [0.15, 0.2) is 0 Å². The van der Waals surface area contributed by atoms with Crippen molar-refractivity contribution in [1.82, 2.24) is 4.98 Å². The van der Waals surface area contributed by atoms with Gasteiger partial charge in [0.2, 0.25) is 0 Å². The van der Waals surface area contributed by atoms with Gasteiger partial charge in [-0.05, 0) is 18.6 Å². The lowest BCUT2D eigenvalue weighted by Crippen LogP contribution is -2.01. The van der Waals surface area contributed by atoms with E-state index in [9.17, 15) is 9.50 Å². The number of aliphatic hydroxyl groups excluding tert-OH is 1. The standard InChI is InChI=1S/C8H10FNO/c1-2-7(11)8-6(9)4-3-5-10-8/h3-5,7,11H,2H2,1H3. The molecule has 0 amide bonds. The van der Waals surface area contributed by atoms with Crippen LogP contribution in [0.3, 0.4) is 0 Å². The Kier molecular flexibility index (Phi) is 2.54. The minimum Gasteiger partial charge on any atom is -0.387 e. The maximum absolute atomic E-state index is 12.8. The quantitative estimate of drug-likeness (QED) is 0.704. The van der Waals surface area contributed by atoms with Crippen LogP contribution in [0.4, 0.5) is 4.39 Å². The highest BCUT2D eigenvalue weighted by molar-refractivity contribution is 5.09. The predicted molar refractivity (Wildman–Crippen MR) is 39.4 cm³/mol. The van der Waals surface area contributed by atoms with Crippen LogP contribution in [0.1, 0.15) is 25.1 Å². The third-order valence-electron chi connectivity index (χ3n) is 1.49. The van der Waals surface area contributed by atoms with Crippen LogP contribution in [0.5, 0.6) is 0 Å². The van der Waals surface area contributed by atoms with Gasteiger partial charge in [0.1, 0.15) is 11.5 Å². The predicted octanol–water partition coefficient (Wildman–Crippen LogP) is 1.66. The van der Waals surface area contributed by atoms with Crippen LogP contribution in [0.25, 0.3) is 0 Å². The molecule has 0 radical (unpaired) electrons. The lowest BCUT2D eigenvalue weighted by atomic mass is 10.2. The summed E-state index contributed by atoms with van der Waals surface area (Å²) in [5, 5.41) is 9.21. The zero-order chi connectivity index (χ0) is 8.27. The fraction of sp³-hybridized carbons (Fsp3) is 0.375. The van der Waals surface area contributed by atoms with Crippen molar-refractivity contribution in [3.05, 3.63) is 29.8 Å². The van der Waals surface area contributed by atoms with Gasteiger partial charge in [0, 0.05) is 6.20 Å².